The molecule has 104 valence electrons. The first kappa shape index (κ1) is 14.7. The Kier molecular flexibility index (Phi) is 4.23. The second-order valence-electron chi connectivity index (χ2n) is 4.91. The molecule has 2 nitrogen and oxygen atoms in total. The quantitative estimate of drug-likeness (QED) is 0.841. The molecule has 0 unspecified atom stereocenters. The second-order valence-corrected chi connectivity index (χ2v) is 5.76. The molecule has 2 aromatic carbocycles. The molecule has 0 spiro atoms. The van der Waals surface area contributed by atoms with Gasteiger partial charge in [0.2, 0.25) is 0 Å². The number of benzene rings is 2. The average molecular weight is 336 g/mol. The normalized spacial score (nSPS) is 10.4. The van der Waals surface area contributed by atoms with Gasteiger partial charge in [0.25, 0.3) is 5.91 Å². The van der Waals surface area contributed by atoms with E-state index in [4.69, 9.17) is 0 Å². The summed E-state index contributed by atoms with van der Waals surface area (Å²) in [6, 6.07) is 8.20. The predicted octanol–water partition coefficient (Wildman–Crippen LogP) is 4.77. The van der Waals surface area contributed by atoms with Crippen molar-refractivity contribution >= 4 is 27.5 Å². The van der Waals surface area contributed by atoms with E-state index in [1.807, 2.05) is 26.0 Å². The molecular weight excluding hydrogens is 321 g/mol. The molecule has 0 aliphatic carbocycles. The number of hydrogen-bond acceptors (Lipinski definition) is 1. The fourth-order valence-electron chi connectivity index (χ4n) is 2.13. The maximum atomic E-state index is 13.3. The van der Waals surface area contributed by atoms with E-state index in [-0.39, 0.29) is 5.91 Å². The first-order chi connectivity index (χ1) is 9.36. The summed E-state index contributed by atoms with van der Waals surface area (Å²) >= 11 is 3.44. The minimum atomic E-state index is -0.408. The van der Waals surface area contributed by atoms with Crippen LogP contribution in [0.5, 0.6) is 0 Å². The minimum absolute atomic E-state index is 0.314. The van der Waals surface area contributed by atoms with Crippen LogP contribution < -0.4 is 5.32 Å². The second kappa shape index (κ2) is 5.75. The number of carbonyl (C=O) groups is 1. The van der Waals surface area contributed by atoms with Gasteiger partial charge in [-0.1, -0.05) is 6.07 Å². The van der Waals surface area contributed by atoms with Crippen molar-refractivity contribution in [1.29, 1.82) is 0 Å². The van der Waals surface area contributed by atoms with Crippen molar-refractivity contribution in [2.75, 3.05) is 5.32 Å². The lowest BCUT2D eigenvalue weighted by atomic mass is 10.1. The number of amides is 1. The SMILES string of the molecule is Cc1cc(F)cc(C(=O)Nc2c(C)cc(C)cc2Br)c1. The van der Waals surface area contributed by atoms with Crippen molar-refractivity contribution in [3.05, 3.63) is 62.9 Å². The topological polar surface area (TPSA) is 29.1 Å². The molecule has 20 heavy (non-hydrogen) atoms. The van der Waals surface area contributed by atoms with E-state index >= 15 is 0 Å². The van der Waals surface area contributed by atoms with Crippen LogP contribution in [-0.2, 0) is 0 Å². The van der Waals surface area contributed by atoms with Gasteiger partial charge in [0.1, 0.15) is 5.82 Å². The van der Waals surface area contributed by atoms with Gasteiger partial charge in [0, 0.05) is 10.0 Å². The Balaban J connectivity index is 2.32. The van der Waals surface area contributed by atoms with Gasteiger partial charge in [0.15, 0.2) is 0 Å². The molecule has 2 rings (SSSR count). The van der Waals surface area contributed by atoms with E-state index in [1.165, 1.54) is 12.1 Å². The maximum absolute atomic E-state index is 13.3. The molecule has 0 fully saturated rings. The highest BCUT2D eigenvalue weighted by atomic mass is 79.9. The van der Waals surface area contributed by atoms with Crippen LogP contribution >= 0.6 is 15.9 Å². The Morgan fingerprint density at radius 3 is 2.30 bits per heavy atom. The van der Waals surface area contributed by atoms with Gasteiger partial charge in [-0.05, 0) is 77.7 Å². The van der Waals surface area contributed by atoms with Crippen LogP contribution in [0.15, 0.2) is 34.8 Å². The molecule has 2 aromatic rings. The summed E-state index contributed by atoms with van der Waals surface area (Å²) in [5, 5.41) is 2.82. The lowest BCUT2D eigenvalue weighted by molar-refractivity contribution is 0.102. The number of halogens is 2. The number of nitrogens with one attached hydrogen (secondary N) is 1. The Labute approximate surface area is 126 Å². The lowest BCUT2D eigenvalue weighted by Gasteiger charge is -2.12. The van der Waals surface area contributed by atoms with Crippen LogP contribution in [0.2, 0.25) is 0 Å². The molecule has 0 bridgehead atoms. The van der Waals surface area contributed by atoms with Gasteiger partial charge in [-0.3, -0.25) is 4.79 Å². The van der Waals surface area contributed by atoms with Gasteiger partial charge in [-0.15, -0.1) is 0 Å². The third kappa shape index (κ3) is 3.25. The van der Waals surface area contributed by atoms with E-state index in [2.05, 4.69) is 21.2 Å². The summed E-state index contributed by atoms with van der Waals surface area (Å²) < 4.78 is 14.2. The fourth-order valence-corrected chi connectivity index (χ4v) is 2.90. The first-order valence-corrected chi connectivity index (χ1v) is 7.01. The molecule has 0 heterocycles. The highest BCUT2D eigenvalue weighted by Crippen LogP contribution is 2.28. The lowest BCUT2D eigenvalue weighted by Crippen LogP contribution is -2.14. The standard InChI is InChI=1S/C16H15BrFNO/c1-9-4-11(3)15(14(17)7-9)19-16(20)12-5-10(2)6-13(18)8-12/h4-8H,1-3H3,(H,19,20). The molecule has 0 saturated heterocycles. The molecule has 4 heteroatoms. The van der Waals surface area contributed by atoms with Gasteiger partial charge < -0.3 is 5.32 Å². The van der Waals surface area contributed by atoms with Crippen LogP contribution in [-0.4, -0.2) is 5.91 Å². The molecule has 0 aliphatic rings. The van der Waals surface area contributed by atoms with Crippen molar-refractivity contribution in [1.82, 2.24) is 0 Å². The average Bonchev–Trinajstić information content (AvgIpc) is 2.32. The molecule has 1 N–H and O–H groups in total. The summed E-state index contributed by atoms with van der Waals surface area (Å²) in [5.74, 6) is -0.727. The van der Waals surface area contributed by atoms with Crippen molar-refractivity contribution < 1.29 is 9.18 Å². The van der Waals surface area contributed by atoms with Crippen molar-refractivity contribution in [3.8, 4) is 0 Å². The smallest absolute Gasteiger partial charge is 0.255 e. The third-order valence-corrected chi connectivity index (χ3v) is 3.60. The van der Waals surface area contributed by atoms with Crippen molar-refractivity contribution in [2.45, 2.75) is 20.8 Å². The summed E-state index contributed by atoms with van der Waals surface area (Å²) in [4.78, 5) is 12.2. The first-order valence-electron chi connectivity index (χ1n) is 6.22. The Hall–Kier alpha value is -1.68. The summed E-state index contributed by atoms with van der Waals surface area (Å²) in [5.41, 5.74) is 3.80. The monoisotopic (exact) mass is 335 g/mol. The van der Waals surface area contributed by atoms with Gasteiger partial charge >= 0.3 is 0 Å². The van der Waals surface area contributed by atoms with Crippen LogP contribution in [0, 0.1) is 26.6 Å². The van der Waals surface area contributed by atoms with Crippen LogP contribution in [0.4, 0.5) is 10.1 Å². The van der Waals surface area contributed by atoms with Gasteiger partial charge in [0.05, 0.1) is 5.69 Å². The zero-order chi connectivity index (χ0) is 14.9. The molecule has 0 atom stereocenters. The van der Waals surface area contributed by atoms with Crippen molar-refractivity contribution in [2.24, 2.45) is 0 Å². The summed E-state index contributed by atoms with van der Waals surface area (Å²) in [6.07, 6.45) is 0. The highest BCUT2D eigenvalue weighted by Gasteiger charge is 2.12. The summed E-state index contributed by atoms with van der Waals surface area (Å²) in [7, 11) is 0. The molecule has 0 aliphatic heterocycles. The Bertz CT molecular complexity index is 639. The fraction of sp³-hybridized carbons (Fsp3) is 0.188. The van der Waals surface area contributed by atoms with Crippen molar-refractivity contribution in [3.63, 3.8) is 0 Å². The zero-order valence-corrected chi connectivity index (χ0v) is 13.1. The molecule has 0 saturated carbocycles. The van der Waals surface area contributed by atoms with E-state index in [1.54, 1.807) is 13.0 Å². The summed E-state index contributed by atoms with van der Waals surface area (Å²) in [6.45, 7) is 5.66. The van der Waals surface area contributed by atoms with E-state index < -0.39 is 5.82 Å². The number of anilines is 1. The largest absolute Gasteiger partial charge is 0.321 e. The Morgan fingerprint density at radius 1 is 1.05 bits per heavy atom. The minimum Gasteiger partial charge on any atom is -0.321 e. The molecule has 0 radical (unpaired) electrons. The number of rotatable bonds is 2. The number of hydrogen-bond donors (Lipinski definition) is 1. The van der Waals surface area contributed by atoms with Gasteiger partial charge in [-0.25, -0.2) is 4.39 Å². The molecule has 0 aromatic heterocycles. The van der Waals surface area contributed by atoms with E-state index in [0.29, 0.717) is 11.3 Å². The third-order valence-electron chi connectivity index (χ3n) is 2.97. The van der Waals surface area contributed by atoms with Gasteiger partial charge in [-0.2, -0.15) is 0 Å². The predicted molar refractivity (Wildman–Crippen MR) is 82.7 cm³/mol. The van der Waals surface area contributed by atoms with Crippen LogP contribution in [0.1, 0.15) is 27.0 Å². The zero-order valence-electron chi connectivity index (χ0n) is 11.6. The number of aryl methyl sites for hydroxylation is 3. The Morgan fingerprint density at radius 2 is 1.70 bits per heavy atom. The van der Waals surface area contributed by atoms with E-state index in [9.17, 15) is 9.18 Å². The van der Waals surface area contributed by atoms with Crippen LogP contribution in [0.25, 0.3) is 0 Å². The molecule has 1 amide bonds. The number of carbonyl (C=O) groups excluding carboxylic acids is 1. The van der Waals surface area contributed by atoms with Crippen LogP contribution in [0.3, 0.4) is 0 Å². The van der Waals surface area contributed by atoms with E-state index in [0.717, 1.165) is 21.2 Å². The highest BCUT2D eigenvalue weighted by molar-refractivity contribution is 9.10. The molecular formula is C16H15BrFNO. The maximum Gasteiger partial charge on any atom is 0.255 e.